The van der Waals surface area contributed by atoms with E-state index in [9.17, 15) is 0 Å². The van der Waals surface area contributed by atoms with Crippen molar-refractivity contribution in [3.63, 3.8) is 0 Å². The lowest BCUT2D eigenvalue weighted by molar-refractivity contribution is 0.282. The van der Waals surface area contributed by atoms with Gasteiger partial charge in [0.05, 0.1) is 31.5 Å². The van der Waals surface area contributed by atoms with Crippen molar-refractivity contribution < 1.29 is 14.2 Å². The fourth-order valence-corrected chi connectivity index (χ4v) is 3.63. The maximum absolute atomic E-state index is 5.99. The molecule has 0 aliphatic heterocycles. The van der Waals surface area contributed by atoms with Gasteiger partial charge in [0, 0.05) is 10.0 Å². The van der Waals surface area contributed by atoms with Gasteiger partial charge in [-0.25, -0.2) is 0 Å². The minimum absolute atomic E-state index is 0.441. The van der Waals surface area contributed by atoms with Crippen LogP contribution in [0.4, 0.5) is 0 Å². The van der Waals surface area contributed by atoms with Gasteiger partial charge in [0.15, 0.2) is 11.5 Å². The van der Waals surface area contributed by atoms with Crippen LogP contribution in [0.3, 0.4) is 0 Å². The summed E-state index contributed by atoms with van der Waals surface area (Å²) < 4.78 is 18.7. The van der Waals surface area contributed by atoms with Crippen molar-refractivity contribution in [3.8, 4) is 17.2 Å². The van der Waals surface area contributed by atoms with E-state index < -0.39 is 0 Å². The first kappa shape index (κ1) is 22.2. The fourth-order valence-electron chi connectivity index (χ4n) is 2.79. The van der Waals surface area contributed by atoms with Gasteiger partial charge in [0.1, 0.15) is 12.4 Å². The molecule has 0 saturated heterocycles. The Hall–Kier alpha value is -2.51. The highest BCUT2D eigenvalue weighted by molar-refractivity contribution is 9.10. The molecule has 0 aromatic heterocycles. The third-order valence-electron chi connectivity index (χ3n) is 4.32. The molecule has 0 spiro atoms. The summed E-state index contributed by atoms with van der Waals surface area (Å²) in [7, 11) is 3.28. The number of nitrogens with zero attached hydrogens (tertiary/aromatic N) is 1. The third kappa shape index (κ3) is 6.00. The molecule has 0 aliphatic rings. The van der Waals surface area contributed by atoms with Crippen LogP contribution in [0.1, 0.15) is 16.7 Å². The molecule has 5 nitrogen and oxygen atoms in total. The van der Waals surface area contributed by atoms with Crippen LogP contribution in [0.2, 0.25) is 0 Å². The van der Waals surface area contributed by atoms with E-state index in [2.05, 4.69) is 42.4 Å². The van der Waals surface area contributed by atoms with Gasteiger partial charge in [-0.15, -0.1) is 0 Å². The topological polar surface area (TPSA) is 52.1 Å². The van der Waals surface area contributed by atoms with Gasteiger partial charge in [0.2, 0.25) is 0 Å². The van der Waals surface area contributed by atoms with E-state index in [1.54, 1.807) is 20.4 Å². The monoisotopic (exact) mass is 532 g/mol. The number of ether oxygens (including phenoxy) is 3. The Labute approximate surface area is 193 Å². The number of methoxy groups -OCH3 is 2. The maximum atomic E-state index is 5.99. The Morgan fingerprint density at radius 1 is 0.933 bits per heavy atom. The summed E-state index contributed by atoms with van der Waals surface area (Å²) in [6.07, 6.45) is 1.74. The number of para-hydroxylation sites is 1. The van der Waals surface area contributed by atoms with Gasteiger partial charge < -0.3 is 19.6 Å². The molecule has 0 heterocycles. The van der Waals surface area contributed by atoms with Crippen molar-refractivity contribution >= 4 is 38.1 Å². The Morgan fingerprint density at radius 3 is 2.40 bits per heavy atom. The minimum atomic E-state index is 0.441. The molecule has 0 aliphatic carbocycles. The standard InChI is InChI=1S/C23H22Br2N2O3/c1-28-21-6-4-3-5-18(21)14-27-26-13-17-11-20(25)23(22(12-17)29-2)30-15-16-7-9-19(24)10-8-16/h3-13,27H,14-15H2,1-2H3/b26-13+. The zero-order valence-corrected chi connectivity index (χ0v) is 19.9. The number of rotatable bonds is 9. The third-order valence-corrected chi connectivity index (χ3v) is 5.43. The van der Waals surface area contributed by atoms with E-state index in [-0.39, 0.29) is 0 Å². The highest BCUT2D eigenvalue weighted by atomic mass is 79.9. The summed E-state index contributed by atoms with van der Waals surface area (Å²) >= 11 is 7.02. The predicted molar refractivity (Wildman–Crippen MR) is 127 cm³/mol. The molecule has 0 radical (unpaired) electrons. The largest absolute Gasteiger partial charge is 0.496 e. The predicted octanol–water partition coefficient (Wildman–Crippen LogP) is 5.93. The van der Waals surface area contributed by atoms with Gasteiger partial charge in [-0.3, -0.25) is 0 Å². The maximum Gasteiger partial charge on any atom is 0.175 e. The molecular weight excluding hydrogens is 512 g/mol. The number of hydrogen-bond acceptors (Lipinski definition) is 5. The highest BCUT2D eigenvalue weighted by Gasteiger charge is 2.11. The molecule has 0 saturated carbocycles. The lowest BCUT2D eigenvalue weighted by Crippen LogP contribution is -2.07. The molecule has 3 rings (SSSR count). The Bertz CT molecular complexity index is 1010. The second-order valence-corrected chi connectivity index (χ2v) is 8.12. The van der Waals surface area contributed by atoms with E-state index in [1.807, 2.05) is 60.7 Å². The summed E-state index contributed by atoms with van der Waals surface area (Å²) in [4.78, 5) is 0. The van der Waals surface area contributed by atoms with E-state index in [4.69, 9.17) is 14.2 Å². The second kappa shape index (κ2) is 11.0. The lowest BCUT2D eigenvalue weighted by atomic mass is 10.2. The first-order chi connectivity index (χ1) is 14.6. The normalized spacial score (nSPS) is 10.8. The summed E-state index contributed by atoms with van der Waals surface area (Å²) in [5, 5.41) is 4.31. The summed E-state index contributed by atoms with van der Waals surface area (Å²) in [6.45, 7) is 1.00. The number of hydrazone groups is 1. The van der Waals surface area contributed by atoms with Crippen molar-refractivity contribution in [2.24, 2.45) is 5.10 Å². The van der Waals surface area contributed by atoms with Crippen molar-refractivity contribution in [1.82, 2.24) is 5.43 Å². The van der Waals surface area contributed by atoms with Gasteiger partial charge in [0.25, 0.3) is 0 Å². The first-order valence-electron chi connectivity index (χ1n) is 9.23. The van der Waals surface area contributed by atoms with Crippen LogP contribution in [0.15, 0.2) is 74.7 Å². The molecular formula is C23H22Br2N2O3. The molecule has 30 heavy (non-hydrogen) atoms. The average Bonchev–Trinajstić information content (AvgIpc) is 2.77. The number of nitrogens with one attached hydrogen (secondary N) is 1. The molecule has 0 bridgehead atoms. The zero-order chi connectivity index (χ0) is 21.3. The van der Waals surface area contributed by atoms with Crippen molar-refractivity contribution in [2.45, 2.75) is 13.2 Å². The Morgan fingerprint density at radius 2 is 1.67 bits per heavy atom. The Kier molecular flexibility index (Phi) is 8.16. The van der Waals surface area contributed by atoms with Crippen molar-refractivity contribution in [2.75, 3.05) is 14.2 Å². The number of halogens is 2. The molecule has 3 aromatic rings. The van der Waals surface area contributed by atoms with Crippen LogP contribution in [0.5, 0.6) is 17.2 Å². The first-order valence-corrected chi connectivity index (χ1v) is 10.8. The quantitative estimate of drug-likeness (QED) is 0.273. The molecule has 7 heteroatoms. The van der Waals surface area contributed by atoms with E-state index >= 15 is 0 Å². The Balaban J connectivity index is 1.65. The van der Waals surface area contributed by atoms with E-state index in [1.165, 1.54) is 0 Å². The van der Waals surface area contributed by atoms with Gasteiger partial charge in [-0.05, 0) is 57.4 Å². The van der Waals surface area contributed by atoms with E-state index in [0.717, 1.165) is 31.4 Å². The van der Waals surface area contributed by atoms with Crippen LogP contribution in [0.25, 0.3) is 0 Å². The lowest BCUT2D eigenvalue weighted by Gasteiger charge is -2.13. The summed E-state index contributed by atoms with van der Waals surface area (Å²) in [5.41, 5.74) is 6.03. The zero-order valence-electron chi connectivity index (χ0n) is 16.7. The molecule has 156 valence electrons. The van der Waals surface area contributed by atoms with Crippen LogP contribution in [-0.2, 0) is 13.2 Å². The minimum Gasteiger partial charge on any atom is -0.496 e. The number of hydrogen-bond donors (Lipinski definition) is 1. The smallest absolute Gasteiger partial charge is 0.175 e. The SMILES string of the molecule is COc1ccccc1CN/N=C/c1cc(Br)c(OCc2ccc(Br)cc2)c(OC)c1. The second-order valence-electron chi connectivity index (χ2n) is 6.35. The number of benzene rings is 3. The van der Waals surface area contributed by atoms with E-state index in [0.29, 0.717) is 24.7 Å². The fraction of sp³-hybridized carbons (Fsp3) is 0.174. The van der Waals surface area contributed by atoms with Crippen molar-refractivity contribution in [3.05, 3.63) is 86.3 Å². The molecule has 0 atom stereocenters. The van der Waals surface area contributed by atoms with Crippen LogP contribution in [-0.4, -0.2) is 20.4 Å². The van der Waals surface area contributed by atoms with Gasteiger partial charge in [-0.1, -0.05) is 46.3 Å². The van der Waals surface area contributed by atoms with Crippen LogP contribution < -0.4 is 19.6 Å². The van der Waals surface area contributed by atoms with Crippen LogP contribution >= 0.6 is 31.9 Å². The molecule has 0 amide bonds. The van der Waals surface area contributed by atoms with Crippen LogP contribution in [0, 0.1) is 0 Å². The van der Waals surface area contributed by atoms with Gasteiger partial charge in [-0.2, -0.15) is 5.10 Å². The highest BCUT2D eigenvalue weighted by Crippen LogP contribution is 2.37. The molecule has 0 fully saturated rings. The molecule has 3 aromatic carbocycles. The molecule has 1 N–H and O–H groups in total. The van der Waals surface area contributed by atoms with Crippen molar-refractivity contribution in [1.29, 1.82) is 0 Å². The summed E-state index contributed by atoms with van der Waals surface area (Å²) in [6, 6.07) is 19.7. The molecule has 0 unspecified atom stereocenters. The summed E-state index contributed by atoms with van der Waals surface area (Å²) in [5.74, 6) is 2.11. The average molecular weight is 534 g/mol. The van der Waals surface area contributed by atoms with Gasteiger partial charge >= 0.3 is 0 Å².